The number of hydrogen-bond acceptors (Lipinski definition) is 2. The van der Waals surface area contributed by atoms with E-state index in [4.69, 9.17) is 5.73 Å². The summed E-state index contributed by atoms with van der Waals surface area (Å²) in [6.07, 6.45) is 0. The minimum Gasteiger partial charge on any atom is -0.351 e. The number of amides is 1. The fourth-order valence-corrected chi connectivity index (χ4v) is 0.922. The molecule has 1 rings (SSSR count). The minimum absolute atomic E-state index is 0.121. The summed E-state index contributed by atoms with van der Waals surface area (Å²) in [5, 5.41) is 2.44. The molecule has 76 valence electrons. The smallest absolute Gasteiger partial charge is 0.234 e. The number of nitrogens with two attached hydrogens (primary N) is 1. The quantitative estimate of drug-likeness (QED) is 0.748. The fourth-order valence-electron chi connectivity index (χ4n) is 0.922. The second-order valence-corrected chi connectivity index (χ2v) is 2.73. The summed E-state index contributed by atoms with van der Waals surface area (Å²) in [7, 11) is 0. The van der Waals surface area contributed by atoms with Crippen LogP contribution in [0.4, 0.5) is 8.78 Å². The molecule has 3 N–H and O–H groups in total. The Morgan fingerprint density at radius 3 is 2.64 bits per heavy atom. The molecule has 0 aliphatic heterocycles. The van der Waals surface area contributed by atoms with Crippen LogP contribution in [0.3, 0.4) is 0 Å². The van der Waals surface area contributed by atoms with Gasteiger partial charge in [-0.2, -0.15) is 0 Å². The van der Waals surface area contributed by atoms with Gasteiger partial charge in [-0.15, -0.1) is 0 Å². The fraction of sp³-hybridized carbons (Fsp3) is 0.222. The number of carbonyl (C=O) groups is 1. The second-order valence-electron chi connectivity index (χ2n) is 2.73. The van der Waals surface area contributed by atoms with Gasteiger partial charge >= 0.3 is 0 Å². The van der Waals surface area contributed by atoms with Gasteiger partial charge in [0.2, 0.25) is 5.91 Å². The summed E-state index contributed by atoms with van der Waals surface area (Å²) in [4.78, 5) is 10.7. The standard InChI is InChI=1S/C9H10F2N2O/c10-7-2-1-6(3-8(7)11)5-13-9(14)4-12/h1-3H,4-5,12H2,(H,13,14). The Balaban J connectivity index is 2.60. The molecule has 1 aromatic rings. The minimum atomic E-state index is -0.926. The first-order valence-electron chi connectivity index (χ1n) is 4.04. The van der Waals surface area contributed by atoms with Gasteiger partial charge in [-0.1, -0.05) is 6.07 Å². The molecule has 0 unspecified atom stereocenters. The van der Waals surface area contributed by atoms with E-state index in [1.807, 2.05) is 0 Å². The Labute approximate surface area is 79.9 Å². The number of nitrogens with one attached hydrogen (secondary N) is 1. The summed E-state index contributed by atoms with van der Waals surface area (Å²) in [5.41, 5.74) is 5.54. The van der Waals surface area contributed by atoms with E-state index in [0.717, 1.165) is 12.1 Å². The van der Waals surface area contributed by atoms with Gasteiger partial charge in [0, 0.05) is 6.54 Å². The molecule has 5 heteroatoms. The third-order valence-electron chi connectivity index (χ3n) is 1.66. The Kier molecular flexibility index (Phi) is 3.53. The van der Waals surface area contributed by atoms with E-state index in [1.165, 1.54) is 6.07 Å². The highest BCUT2D eigenvalue weighted by Crippen LogP contribution is 2.07. The first-order chi connectivity index (χ1) is 6.63. The van der Waals surface area contributed by atoms with Crippen LogP contribution >= 0.6 is 0 Å². The van der Waals surface area contributed by atoms with Crippen molar-refractivity contribution >= 4 is 5.91 Å². The van der Waals surface area contributed by atoms with Gasteiger partial charge in [0.25, 0.3) is 0 Å². The van der Waals surface area contributed by atoms with Crippen molar-refractivity contribution in [3.63, 3.8) is 0 Å². The van der Waals surface area contributed by atoms with Crippen molar-refractivity contribution in [2.45, 2.75) is 6.54 Å². The molecule has 0 atom stereocenters. The largest absolute Gasteiger partial charge is 0.351 e. The Morgan fingerprint density at radius 2 is 2.07 bits per heavy atom. The Bertz CT molecular complexity index is 342. The number of hydrogen-bond donors (Lipinski definition) is 2. The van der Waals surface area contributed by atoms with Gasteiger partial charge in [0.15, 0.2) is 11.6 Å². The van der Waals surface area contributed by atoms with Gasteiger partial charge < -0.3 is 11.1 Å². The average Bonchev–Trinajstić information content (AvgIpc) is 2.19. The van der Waals surface area contributed by atoms with Gasteiger partial charge in [-0.25, -0.2) is 8.78 Å². The lowest BCUT2D eigenvalue weighted by Gasteiger charge is -2.03. The molecule has 0 aliphatic rings. The molecular weight excluding hydrogens is 190 g/mol. The van der Waals surface area contributed by atoms with E-state index in [9.17, 15) is 13.6 Å². The first-order valence-corrected chi connectivity index (χ1v) is 4.04. The van der Waals surface area contributed by atoms with Crippen LogP contribution in [-0.2, 0) is 11.3 Å². The molecule has 14 heavy (non-hydrogen) atoms. The van der Waals surface area contributed by atoms with Gasteiger partial charge in [-0.05, 0) is 17.7 Å². The van der Waals surface area contributed by atoms with Crippen molar-refractivity contribution in [3.8, 4) is 0 Å². The van der Waals surface area contributed by atoms with Crippen LogP contribution in [0, 0.1) is 11.6 Å². The van der Waals surface area contributed by atoms with Crippen LogP contribution in [0.2, 0.25) is 0 Å². The average molecular weight is 200 g/mol. The lowest BCUT2D eigenvalue weighted by Crippen LogP contribution is -2.29. The van der Waals surface area contributed by atoms with Crippen LogP contribution in [0.15, 0.2) is 18.2 Å². The van der Waals surface area contributed by atoms with E-state index in [-0.39, 0.29) is 19.0 Å². The summed E-state index contributed by atoms with van der Waals surface area (Å²) >= 11 is 0. The predicted octanol–water partition coefficient (Wildman–Crippen LogP) is 0.540. The molecule has 0 radical (unpaired) electrons. The van der Waals surface area contributed by atoms with Gasteiger partial charge in [0.1, 0.15) is 0 Å². The molecule has 3 nitrogen and oxygen atoms in total. The van der Waals surface area contributed by atoms with Crippen molar-refractivity contribution in [1.29, 1.82) is 0 Å². The maximum absolute atomic E-state index is 12.7. The monoisotopic (exact) mass is 200 g/mol. The van der Waals surface area contributed by atoms with Crippen molar-refractivity contribution in [2.75, 3.05) is 6.54 Å². The molecule has 1 amide bonds. The maximum atomic E-state index is 12.7. The molecule has 0 aromatic heterocycles. The lowest BCUT2D eigenvalue weighted by molar-refractivity contribution is -0.119. The number of carbonyl (C=O) groups excluding carboxylic acids is 1. The number of halogens is 2. The lowest BCUT2D eigenvalue weighted by atomic mass is 10.2. The van der Waals surface area contributed by atoms with Crippen molar-refractivity contribution in [2.24, 2.45) is 5.73 Å². The van der Waals surface area contributed by atoms with E-state index in [1.54, 1.807) is 0 Å². The zero-order valence-electron chi connectivity index (χ0n) is 7.39. The molecule has 0 bridgehead atoms. The highest BCUT2D eigenvalue weighted by atomic mass is 19.2. The van der Waals surface area contributed by atoms with Crippen LogP contribution < -0.4 is 11.1 Å². The molecule has 0 heterocycles. The van der Waals surface area contributed by atoms with Crippen molar-refractivity contribution in [3.05, 3.63) is 35.4 Å². The van der Waals surface area contributed by atoms with E-state index in [2.05, 4.69) is 5.32 Å². The highest BCUT2D eigenvalue weighted by Gasteiger charge is 2.03. The molecule has 0 aliphatic carbocycles. The van der Waals surface area contributed by atoms with E-state index < -0.39 is 11.6 Å². The van der Waals surface area contributed by atoms with Gasteiger partial charge in [-0.3, -0.25) is 4.79 Å². The Hall–Kier alpha value is -1.49. The van der Waals surface area contributed by atoms with E-state index in [0.29, 0.717) is 5.56 Å². The molecule has 1 aromatic carbocycles. The highest BCUT2D eigenvalue weighted by molar-refractivity contribution is 5.77. The zero-order valence-corrected chi connectivity index (χ0v) is 7.39. The van der Waals surface area contributed by atoms with E-state index >= 15 is 0 Å². The number of rotatable bonds is 3. The Morgan fingerprint density at radius 1 is 1.36 bits per heavy atom. The summed E-state index contributed by atoms with van der Waals surface area (Å²) in [5.74, 6) is -2.17. The van der Waals surface area contributed by atoms with Crippen molar-refractivity contribution in [1.82, 2.24) is 5.32 Å². The summed E-state index contributed by atoms with van der Waals surface area (Å²) < 4.78 is 25.2. The normalized spacial score (nSPS) is 9.93. The van der Waals surface area contributed by atoms with Crippen LogP contribution in [0.25, 0.3) is 0 Å². The number of benzene rings is 1. The SMILES string of the molecule is NCC(=O)NCc1ccc(F)c(F)c1. The third-order valence-corrected chi connectivity index (χ3v) is 1.66. The molecule has 0 saturated carbocycles. The summed E-state index contributed by atoms with van der Waals surface area (Å²) in [6.45, 7) is 0.0247. The second kappa shape index (κ2) is 4.66. The van der Waals surface area contributed by atoms with Crippen molar-refractivity contribution < 1.29 is 13.6 Å². The molecular formula is C9H10F2N2O. The maximum Gasteiger partial charge on any atom is 0.234 e. The first kappa shape index (κ1) is 10.6. The van der Waals surface area contributed by atoms with Crippen LogP contribution in [-0.4, -0.2) is 12.5 Å². The van der Waals surface area contributed by atoms with Gasteiger partial charge in [0.05, 0.1) is 6.54 Å². The zero-order chi connectivity index (χ0) is 10.6. The molecule has 0 spiro atoms. The van der Waals surface area contributed by atoms with Crippen LogP contribution in [0.1, 0.15) is 5.56 Å². The predicted molar refractivity (Wildman–Crippen MR) is 47.3 cm³/mol. The topological polar surface area (TPSA) is 55.1 Å². The van der Waals surface area contributed by atoms with Crippen LogP contribution in [0.5, 0.6) is 0 Å². The third kappa shape index (κ3) is 2.77. The molecule has 0 fully saturated rings. The molecule has 0 saturated heterocycles. The summed E-state index contributed by atoms with van der Waals surface area (Å²) in [6, 6.07) is 3.45.